The van der Waals surface area contributed by atoms with E-state index in [2.05, 4.69) is 29.8 Å². The molecule has 0 aliphatic carbocycles. The largest absolute Gasteiger partial charge is 0.462 e. The van der Waals surface area contributed by atoms with Gasteiger partial charge in [0.25, 0.3) is 0 Å². The zero-order valence-electron chi connectivity index (χ0n) is 14.6. The molecule has 0 saturated heterocycles. The molecule has 0 amide bonds. The monoisotopic (exact) mass is 422 g/mol. The predicted molar refractivity (Wildman–Crippen MR) is 99.9 cm³/mol. The maximum atomic E-state index is 13.1. The fourth-order valence-electron chi connectivity index (χ4n) is 2.23. The lowest BCUT2D eigenvalue weighted by Crippen LogP contribution is -2.12. The Balaban J connectivity index is 2.01. The van der Waals surface area contributed by atoms with E-state index in [4.69, 9.17) is 9.47 Å². The summed E-state index contributed by atoms with van der Waals surface area (Å²) in [5.74, 6) is -0.826. The first-order valence-corrected chi connectivity index (χ1v) is 9.10. The summed E-state index contributed by atoms with van der Waals surface area (Å²) in [5.41, 5.74) is 0.486. The highest BCUT2D eigenvalue weighted by molar-refractivity contribution is 9.10. The second-order valence-corrected chi connectivity index (χ2v) is 7.07. The molecule has 0 heterocycles. The van der Waals surface area contributed by atoms with Crippen molar-refractivity contribution in [1.82, 2.24) is 0 Å². The highest BCUT2D eigenvalue weighted by Crippen LogP contribution is 2.26. The van der Waals surface area contributed by atoms with Crippen LogP contribution in [0, 0.1) is 11.7 Å². The first-order chi connectivity index (χ1) is 12.4. The lowest BCUT2D eigenvalue weighted by atomic mass is 10.1. The molecule has 2 aromatic carbocycles. The van der Waals surface area contributed by atoms with Crippen molar-refractivity contribution in [2.24, 2.45) is 5.92 Å². The van der Waals surface area contributed by atoms with Gasteiger partial charge in [-0.3, -0.25) is 0 Å². The SMILES string of the molecule is CC(C)CCCOC(=O)c1cccc(C(=O)Oc2ccc(F)cc2Br)c1. The first kappa shape index (κ1) is 20.1. The maximum Gasteiger partial charge on any atom is 0.343 e. The van der Waals surface area contributed by atoms with Crippen molar-refractivity contribution in [1.29, 1.82) is 0 Å². The quantitative estimate of drug-likeness (QED) is 0.340. The molecule has 26 heavy (non-hydrogen) atoms. The van der Waals surface area contributed by atoms with Crippen molar-refractivity contribution in [2.75, 3.05) is 6.61 Å². The third-order valence-electron chi connectivity index (χ3n) is 3.59. The third-order valence-corrected chi connectivity index (χ3v) is 4.21. The summed E-state index contributed by atoms with van der Waals surface area (Å²) >= 11 is 3.14. The van der Waals surface area contributed by atoms with Gasteiger partial charge in [-0.05, 0) is 71.1 Å². The highest BCUT2D eigenvalue weighted by atomic mass is 79.9. The number of ether oxygens (including phenoxy) is 2. The van der Waals surface area contributed by atoms with E-state index in [1.165, 1.54) is 30.3 Å². The Hall–Kier alpha value is -2.21. The summed E-state index contributed by atoms with van der Waals surface area (Å²) in [7, 11) is 0. The van der Waals surface area contributed by atoms with E-state index < -0.39 is 17.8 Å². The highest BCUT2D eigenvalue weighted by Gasteiger charge is 2.15. The zero-order valence-corrected chi connectivity index (χ0v) is 16.2. The lowest BCUT2D eigenvalue weighted by molar-refractivity contribution is 0.0494. The van der Waals surface area contributed by atoms with Gasteiger partial charge in [-0.15, -0.1) is 0 Å². The summed E-state index contributed by atoms with van der Waals surface area (Å²) in [4.78, 5) is 24.4. The lowest BCUT2D eigenvalue weighted by Gasteiger charge is -2.09. The topological polar surface area (TPSA) is 52.6 Å². The second kappa shape index (κ2) is 9.48. The molecule has 0 spiro atoms. The number of rotatable bonds is 7. The molecule has 0 N–H and O–H groups in total. The smallest absolute Gasteiger partial charge is 0.343 e. The molecule has 0 aliphatic heterocycles. The van der Waals surface area contributed by atoms with Gasteiger partial charge in [-0.2, -0.15) is 0 Å². The minimum atomic E-state index is -0.647. The fourth-order valence-corrected chi connectivity index (χ4v) is 2.66. The summed E-state index contributed by atoms with van der Waals surface area (Å²) in [5, 5.41) is 0. The summed E-state index contributed by atoms with van der Waals surface area (Å²) in [6, 6.07) is 9.87. The molecule has 0 fully saturated rings. The van der Waals surface area contributed by atoms with Crippen molar-refractivity contribution >= 4 is 27.9 Å². The number of esters is 2. The number of carbonyl (C=O) groups excluding carboxylic acids is 2. The van der Waals surface area contributed by atoms with Crippen LogP contribution in [0.25, 0.3) is 0 Å². The summed E-state index contributed by atoms with van der Waals surface area (Å²) in [6.45, 7) is 4.56. The molecule has 2 aromatic rings. The van der Waals surface area contributed by atoms with Crippen LogP contribution in [0.15, 0.2) is 46.9 Å². The standard InChI is InChI=1S/C20H20BrFO4/c1-13(2)5-4-10-25-19(23)14-6-3-7-15(11-14)20(24)26-18-9-8-16(22)12-17(18)21/h3,6-9,11-13H,4-5,10H2,1-2H3. The molecular formula is C20H20BrFO4. The van der Waals surface area contributed by atoms with E-state index in [1.807, 2.05) is 0 Å². The Morgan fingerprint density at radius 3 is 2.42 bits per heavy atom. The summed E-state index contributed by atoms with van der Waals surface area (Å²) < 4.78 is 23.9. The molecule has 0 unspecified atom stereocenters. The Kier molecular flexibility index (Phi) is 7.33. The van der Waals surface area contributed by atoms with E-state index >= 15 is 0 Å². The van der Waals surface area contributed by atoms with E-state index in [0.29, 0.717) is 17.0 Å². The number of hydrogen-bond donors (Lipinski definition) is 0. The molecule has 6 heteroatoms. The van der Waals surface area contributed by atoms with Crippen LogP contribution in [0.3, 0.4) is 0 Å². The van der Waals surface area contributed by atoms with Gasteiger partial charge in [0.2, 0.25) is 0 Å². The fraction of sp³-hybridized carbons (Fsp3) is 0.300. The number of carbonyl (C=O) groups is 2. The predicted octanol–water partition coefficient (Wildman–Crippen LogP) is 5.40. The zero-order chi connectivity index (χ0) is 19.1. The van der Waals surface area contributed by atoms with Crippen LogP contribution in [0.2, 0.25) is 0 Å². The van der Waals surface area contributed by atoms with Gasteiger partial charge in [-0.1, -0.05) is 19.9 Å². The van der Waals surface area contributed by atoms with Gasteiger partial charge in [0, 0.05) is 0 Å². The van der Waals surface area contributed by atoms with Crippen LogP contribution in [0.5, 0.6) is 5.75 Å². The molecule has 0 saturated carbocycles. The maximum absolute atomic E-state index is 13.1. The van der Waals surface area contributed by atoms with Crippen molar-refractivity contribution < 1.29 is 23.5 Å². The molecule has 0 atom stereocenters. The van der Waals surface area contributed by atoms with Gasteiger partial charge in [0.05, 0.1) is 22.2 Å². The molecule has 4 nitrogen and oxygen atoms in total. The molecule has 0 radical (unpaired) electrons. The Morgan fingerprint density at radius 2 is 1.77 bits per heavy atom. The number of halogens is 2. The van der Waals surface area contributed by atoms with Crippen molar-refractivity contribution in [3.8, 4) is 5.75 Å². The average molecular weight is 423 g/mol. The van der Waals surface area contributed by atoms with E-state index in [-0.39, 0.29) is 16.9 Å². The molecule has 0 bridgehead atoms. The molecular weight excluding hydrogens is 403 g/mol. The Morgan fingerprint density at radius 1 is 1.08 bits per heavy atom. The van der Waals surface area contributed by atoms with E-state index in [1.54, 1.807) is 12.1 Å². The van der Waals surface area contributed by atoms with Crippen LogP contribution >= 0.6 is 15.9 Å². The Bertz CT molecular complexity index is 789. The van der Waals surface area contributed by atoms with Crippen LogP contribution in [-0.2, 0) is 4.74 Å². The second-order valence-electron chi connectivity index (χ2n) is 6.22. The minimum Gasteiger partial charge on any atom is -0.462 e. The van der Waals surface area contributed by atoms with Gasteiger partial charge in [0.1, 0.15) is 11.6 Å². The normalized spacial score (nSPS) is 10.7. The third kappa shape index (κ3) is 5.95. The van der Waals surface area contributed by atoms with E-state index in [0.717, 1.165) is 12.8 Å². The minimum absolute atomic E-state index is 0.193. The van der Waals surface area contributed by atoms with Crippen molar-refractivity contribution in [3.05, 3.63) is 63.9 Å². The van der Waals surface area contributed by atoms with Crippen LogP contribution in [0.4, 0.5) is 4.39 Å². The van der Waals surface area contributed by atoms with Crippen molar-refractivity contribution in [2.45, 2.75) is 26.7 Å². The van der Waals surface area contributed by atoms with E-state index in [9.17, 15) is 14.0 Å². The van der Waals surface area contributed by atoms with Crippen LogP contribution in [-0.4, -0.2) is 18.5 Å². The van der Waals surface area contributed by atoms with Gasteiger partial charge < -0.3 is 9.47 Å². The molecule has 138 valence electrons. The van der Waals surface area contributed by atoms with Crippen LogP contribution in [0.1, 0.15) is 47.4 Å². The molecule has 0 aromatic heterocycles. The molecule has 0 aliphatic rings. The van der Waals surface area contributed by atoms with Crippen molar-refractivity contribution in [3.63, 3.8) is 0 Å². The van der Waals surface area contributed by atoms with Gasteiger partial charge in [0.15, 0.2) is 0 Å². The molecule has 2 rings (SSSR count). The van der Waals surface area contributed by atoms with Crippen LogP contribution < -0.4 is 4.74 Å². The number of benzene rings is 2. The summed E-state index contributed by atoms with van der Waals surface area (Å²) in [6.07, 6.45) is 1.77. The number of hydrogen-bond acceptors (Lipinski definition) is 4. The average Bonchev–Trinajstić information content (AvgIpc) is 2.60. The Labute approximate surface area is 160 Å². The van der Waals surface area contributed by atoms with Gasteiger partial charge >= 0.3 is 11.9 Å². The first-order valence-electron chi connectivity index (χ1n) is 8.31. The van der Waals surface area contributed by atoms with Gasteiger partial charge in [-0.25, -0.2) is 14.0 Å².